The molecule has 0 unspecified atom stereocenters. The molecule has 1 saturated heterocycles. The minimum Gasteiger partial charge on any atom is -0.381 e. The minimum atomic E-state index is 0.532. The zero-order valence-corrected chi connectivity index (χ0v) is 12.9. The number of nitrogens with zero attached hydrogens (tertiary/aromatic N) is 3. The summed E-state index contributed by atoms with van der Waals surface area (Å²) in [4.78, 5) is 0. The molecule has 2 aromatic heterocycles. The molecule has 1 aliphatic rings. The van der Waals surface area contributed by atoms with E-state index >= 15 is 0 Å². The summed E-state index contributed by atoms with van der Waals surface area (Å²) in [6.45, 7) is 1.73. The number of ether oxygens (including phenoxy) is 1. The molecule has 0 aromatic carbocycles. The lowest BCUT2D eigenvalue weighted by molar-refractivity contribution is 0.0662. The summed E-state index contributed by atoms with van der Waals surface area (Å²) in [6.07, 6.45) is 9.47. The van der Waals surface area contributed by atoms with Gasteiger partial charge in [0.2, 0.25) is 0 Å². The summed E-state index contributed by atoms with van der Waals surface area (Å²) >= 11 is 6.57. The average molecular weight is 378 g/mol. The molecule has 0 radical (unpaired) electrons. The highest BCUT2D eigenvalue weighted by Crippen LogP contribution is 2.21. The molecule has 1 N–H and O–H groups in total. The lowest BCUT2D eigenvalue weighted by Gasteiger charge is -2.22. The van der Waals surface area contributed by atoms with Crippen LogP contribution in [0.1, 0.15) is 18.9 Å². The second-order valence-corrected chi connectivity index (χ2v) is 5.73. The van der Waals surface area contributed by atoms with Crippen LogP contribution in [0.15, 0.2) is 33.7 Å². The third kappa shape index (κ3) is 4.22. The van der Waals surface area contributed by atoms with Gasteiger partial charge in [0, 0.05) is 25.6 Å². The van der Waals surface area contributed by atoms with Gasteiger partial charge in [-0.3, -0.25) is 9.78 Å². The zero-order chi connectivity index (χ0) is 12.8. The smallest absolute Gasteiger partial charge is 0.0632 e. The molecule has 1 aliphatic heterocycles. The fourth-order valence-corrected chi connectivity index (χ4v) is 2.21. The van der Waals surface area contributed by atoms with E-state index in [0.717, 1.165) is 35.0 Å². The molecule has 0 saturated carbocycles. The summed E-state index contributed by atoms with van der Waals surface area (Å²) < 4.78 is 9.33. The van der Waals surface area contributed by atoms with Gasteiger partial charge in [-0.25, -0.2) is 0 Å². The van der Waals surface area contributed by atoms with Gasteiger partial charge in [-0.2, -0.15) is 10.2 Å². The normalized spacial score (nSPS) is 16.1. The summed E-state index contributed by atoms with van der Waals surface area (Å²) in [5, 5.41) is 10.5. The van der Waals surface area contributed by atoms with Gasteiger partial charge in [0.25, 0.3) is 0 Å². The molecular formula is C11H14Br2N4O. The molecular weight excluding hydrogens is 364 g/mol. The lowest BCUT2D eigenvalue weighted by atomic mass is 10.1. The standard InChI is InChI=1S/C8H11BrN2O.C3H3BrN2/c9-7-5-10-11(6-7)8-1-3-12-4-2-8;4-3-1-5-6-2-3/h5-6,8H,1-4H2;1-2H,(H,5,6). The van der Waals surface area contributed by atoms with Crippen LogP contribution in [0.2, 0.25) is 0 Å². The molecule has 0 bridgehead atoms. The van der Waals surface area contributed by atoms with E-state index in [9.17, 15) is 0 Å². The molecule has 3 rings (SSSR count). The Kier molecular flexibility index (Phi) is 5.40. The fourth-order valence-electron chi connectivity index (χ4n) is 1.70. The van der Waals surface area contributed by atoms with Crippen molar-refractivity contribution in [2.24, 2.45) is 0 Å². The lowest BCUT2D eigenvalue weighted by Crippen LogP contribution is -2.19. The first-order chi connectivity index (χ1) is 8.75. The van der Waals surface area contributed by atoms with Crippen LogP contribution < -0.4 is 0 Å². The van der Waals surface area contributed by atoms with E-state index in [1.54, 1.807) is 12.4 Å². The highest BCUT2D eigenvalue weighted by atomic mass is 79.9. The van der Waals surface area contributed by atoms with Gasteiger partial charge in [-0.05, 0) is 44.7 Å². The van der Waals surface area contributed by atoms with Crippen molar-refractivity contribution in [3.05, 3.63) is 33.7 Å². The Morgan fingerprint density at radius 2 is 2.00 bits per heavy atom. The fraction of sp³-hybridized carbons (Fsp3) is 0.455. The highest BCUT2D eigenvalue weighted by Gasteiger charge is 2.15. The van der Waals surface area contributed by atoms with Gasteiger partial charge in [0.1, 0.15) is 0 Å². The Balaban J connectivity index is 0.000000169. The van der Waals surface area contributed by atoms with E-state index in [0.29, 0.717) is 6.04 Å². The van der Waals surface area contributed by atoms with Crippen molar-refractivity contribution in [2.45, 2.75) is 18.9 Å². The number of H-pyrrole nitrogens is 1. The molecule has 5 nitrogen and oxygen atoms in total. The van der Waals surface area contributed by atoms with Crippen molar-refractivity contribution in [1.29, 1.82) is 0 Å². The van der Waals surface area contributed by atoms with Crippen LogP contribution in [0.4, 0.5) is 0 Å². The third-order valence-corrected chi connectivity index (χ3v) is 3.44. The molecule has 1 fully saturated rings. The second-order valence-electron chi connectivity index (χ2n) is 3.90. The topological polar surface area (TPSA) is 55.7 Å². The number of aromatic amines is 1. The summed E-state index contributed by atoms with van der Waals surface area (Å²) in [6, 6.07) is 0.532. The van der Waals surface area contributed by atoms with Gasteiger partial charge in [0.05, 0.1) is 27.4 Å². The SMILES string of the molecule is Brc1cn[nH]c1.Brc1cnn(C2CCOCC2)c1. The Bertz CT molecular complexity index is 451. The third-order valence-electron chi connectivity index (χ3n) is 2.60. The molecule has 3 heterocycles. The number of hydrogen-bond donors (Lipinski definition) is 1. The van der Waals surface area contributed by atoms with Gasteiger partial charge in [0.15, 0.2) is 0 Å². The van der Waals surface area contributed by atoms with Gasteiger partial charge in [-0.15, -0.1) is 0 Å². The largest absolute Gasteiger partial charge is 0.381 e. The first kappa shape index (κ1) is 13.8. The number of rotatable bonds is 1. The Labute approximate surface area is 122 Å². The van der Waals surface area contributed by atoms with Crippen LogP contribution in [0.5, 0.6) is 0 Å². The summed E-state index contributed by atoms with van der Waals surface area (Å²) in [7, 11) is 0. The van der Waals surface area contributed by atoms with E-state index < -0.39 is 0 Å². The predicted molar refractivity (Wildman–Crippen MR) is 75.3 cm³/mol. The molecule has 0 aliphatic carbocycles. The second kappa shape index (κ2) is 7.06. The van der Waals surface area contributed by atoms with E-state index in [4.69, 9.17) is 4.74 Å². The Hall–Kier alpha value is -0.660. The first-order valence-corrected chi connectivity index (χ1v) is 7.26. The van der Waals surface area contributed by atoms with Crippen LogP contribution in [0.3, 0.4) is 0 Å². The van der Waals surface area contributed by atoms with Gasteiger partial charge < -0.3 is 4.74 Å². The maximum atomic E-state index is 5.28. The number of aromatic nitrogens is 4. The van der Waals surface area contributed by atoms with Crippen molar-refractivity contribution in [1.82, 2.24) is 20.0 Å². The van der Waals surface area contributed by atoms with Crippen molar-refractivity contribution < 1.29 is 4.74 Å². The number of nitrogens with one attached hydrogen (secondary N) is 1. The van der Waals surface area contributed by atoms with Crippen molar-refractivity contribution in [3.63, 3.8) is 0 Å². The quantitative estimate of drug-likeness (QED) is 0.830. The molecule has 18 heavy (non-hydrogen) atoms. The molecule has 2 aromatic rings. The molecule has 0 spiro atoms. The molecule has 0 atom stereocenters. The monoisotopic (exact) mass is 376 g/mol. The van der Waals surface area contributed by atoms with Crippen molar-refractivity contribution in [2.75, 3.05) is 13.2 Å². The van der Waals surface area contributed by atoms with Crippen LogP contribution in [0, 0.1) is 0 Å². The van der Waals surface area contributed by atoms with E-state index in [1.165, 1.54) is 0 Å². The number of halogens is 2. The molecule has 0 amide bonds. The highest BCUT2D eigenvalue weighted by molar-refractivity contribution is 9.10. The van der Waals surface area contributed by atoms with Crippen molar-refractivity contribution in [3.8, 4) is 0 Å². The summed E-state index contributed by atoms with van der Waals surface area (Å²) in [5.74, 6) is 0. The predicted octanol–water partition coefficient (Wildman–Crippen LogP) is 3.17. The Morgan fingerprint density at radius 1 is 1.22 bits per heavy atom. The van der Waals surface area contributed by atoms with Crippen LogP contribution >= 0.6 is 31.9 Å². The molecule has 7 heteroatoms. The van der Waals surface area contributed by atoms with E-state index in [1.807, 2.05) is 17.1 Å². The minimum absolute atomic E-state index is 0.532. The van der Waals surface area contributed by atoms with E-state index in [2.05, 4.69) is 47.2 Å². The van der Waals surface area contributed by atoms with E-state index in [-0.39, 0.29) is 0 Å². The van der Waals surface area contributed by atoms with Crippen LogP contribution in [-0.4, -0.2) is 33.2 Å². The van der Waals surface area contributed by atoms with Crippen molar-refractivity contribution >= 4 is 31.9 Å². The van der Waals surface area contributed by atoms with Crippen LogP contribution in [-0.2, 0) is 4.74 Å². The van der Waals surface area contributed by atoms with Crippen LogP contribution in [0.25, 0.3) is 0 Å². The maximum absolute atomic E-state index is 5.28. The molecule has 98 valence electrons. The number of hydrogen-bond acceptors (Lipinski definition) is 3. The summed E-state index contributed by atoms with van der Waals surface area (Å²) in [5.41, 5.74) is 0. The van der Waals surface area contributed by atoms with Gasteiger partial charge in [-0.1, -0.05) is 0 Å². The average Bonchev–Trinajstić information content (AvgIpc) is 3.03. The maximum Gasteiger partial charge on any atom is 0.0632 e. The Morgan fingerprint density at radius 3 is 2.44 bits per heavy atom. The zero-order valence-electron chi connectivity index (χ0n) is 9.72. The van der Waals surface area contributed by atoms with Gasteiger partial charge >= 0.3 is 0 Å². The first-order valence-electron chi connectivity index (χ1n) is 5.67.